The van der Waals surface area contributed by atoms with Gasteiger partial charge in [0.2, 0.25) is 11.8 Å². The fourth-order valence-electron chi connectivity index (χ4n) is 2.66. The summed E-state index contributed by atoms with van der Waals surface area (Å²) in [7, 11) is 0. The number of carbonyl (C=O) groups is 2. The van der Waals surface area contributed by atoms with Crippen LogP contribution in [0.2, 0.25) is 0 Å². The van der Waals surface area contributed by atoms with Crippen LogP contribution in [0.3, 0.4) is 0 Å². The minimum absolute atomic E-state index is 0.0498. The highest BCUT2D eigenvalue weighted by atomic mass is 32.1. The molecule has 0 unspecified atom stereocenters. The predicted octanol–water partition coefficient (Wildman–Crippen LogP) is 4.13. The van der Waals surface area contributed by atoms with Crippen LogP contribution in [0, 0.1) is 6.92 Å². The number of para-hydroxylation sites is 1. The molecule has 1 aromatic heterocycles. The second-order valence-electron chi connectivity index (χ2n) is 6.15. The van der Waals surface area contributed by atoms with Crippen LogP contribution >= 0.6 is 11.3 Å². The number of hydrogen-bond acceptors (Lipinski definition) is 4. The molecule has 0 radical (unpaired) electrons. The highest BCUT2D eigenvalue weighted by molar-refractivity contribution is 7.21. The summed E-state index contributed by atoms with van der Waals surface area (Å²) in [5.74, 6) is -0.127. The van der Waals surface area contributed by atoms with Crippen molar-refractivity contribution < 1.29 is 9.59 Å². The summed E-state index contributed by atoms with van der Waals surface area (Å²) in [5.41, 5.74) is 3.85. The van der Waals surface area contributed by atoms with Crippen LogP contribution in [0.4, 0.5) is 5.69 Å². The molecule has 0 fully saturated rings. The number of aromatic nitrogens is 1. The zero-order valence-electron chi connectivity index (χ0n) is 14.8. The van der Waals surface area contributed by atoms with E-state index in [-0.39, 0.29) is 11.8 Å². The number of rotatable bonds is 6. The number of nitrogens with zero attached hydrogens (tertiary/aromatic N) is 1. The number of amides is 2. The monoisotopic (exact) mass is 367 g/mol. The summed E-state index contributed by atoms with van der Waals surface area (Å²) >= 11 is 1.66. The molecular formula is C20H21N3O2S. The number of fused-ring (bicyclic) bond motifs is 1. The van der Waals surface area contributed by atoms with Gasteiger partial charge >= 0.3 is 0 Å². The average Bonchev–Trinajstić information content (AvgIpc) is 3.04. The van der Waals surface area contributed by atoms with E-state index in [0.29, 0.717) is 19.4 Å². The Balaban J connectivity index is 1.65. The summed E-state index contributed by atoms with van der Waals surface area (Å²) in [5, 5.41) is 6.60. The second-order valence-corrected chi connectivity index (χ2v) is 7.18. The molecule has 0 aliphatic carbocycles. The lowest BCUT2D eigenvalue weighted by Gasteiger charge is -2.10. The third kappa shape index (κ3) is 4.46. The van der Waals surface area contributed by atoms with Crippen LogP contribution < -0.4 is 10.6 Å². The van der Waals surface area contributed by atoms with E-state index >= 15 is 0 Å². The number of anilines is 1. The molecule has 5 nitrogen and oxygen atoms in total. The molecule has 134 valence electrons. The van der Waals surface area contributed by atoms with E-state index in [1.807, 2.05) is 43.3 Å². The van der Waals surface area contributed by atoms with Gasteiger partial charge in [0.05, 0.1) is 10.2 Å². The van der Waals surface area contributed by atoms with Crippen LogP contribution in [0.15, 0.2) is 42.5 Å². The Labute approximate surface area is 156 Å². The molecule has 0 bridgehead atoms. The molecule has 2 N–H and O–H groups in total. The Hall–Kier alpha value is -2.73. The second kappa shape index (κ2) is 8.10. The van der Waals surface area contributed by atoms with Crippen molar-refractivity contribution in [2.45, 2.75) is 26.7 Å². The van der Waals surface area contributed by atoms with Gasteiger partial charge in [0.15, 0.2) is 0 Å². The molecule has 6 heteroatoms. The molecule has 3 rings (SSSR count). The molecular weight excluding hydrogens is 346 g/mol. The summed E-state index contributed by atoms with van der Waals surface area (Å²) in [6.07, 6.45) is 0.994. The van der Waals surface area contributed by atoms with Gasteiger partial charge in [-0.15, -0.1) is 11.3 Å². The van der Waals surface area contributed by atoms with E-state index in [4.69, 9.17) is 0 Å². The van der Waals surface area contributed by atoms with Gasteiger partial charge in [0, 0.05) is 31.1 Å². The molecule has 1 heterocycles. The lowest BCUT2D eigenvalue weighted by atomic mass is 10.1. The number of nitrogens with one attached hydrogen (secondary N) is 2. The summed E-state index contributed by atoms with van der Waals surface area (Å²) in [6, 6.07) is 14.0. The molecule has 0 spiro atoms. The van der Waals surface area contributed by atoms with Crippen molar-refractivity contribution >= 4 is 39.1 Å². The van der Waals surface area contributed by atoms with Crippen LogP contribution in [0.1, 0.15) is 25.3 Å². The van der Waals surface area contributed by atoms with Crippen molar-refractivity contribution in [1.82, 2.24) is 10.3 Å². The Bertz CT molecular complexity index is 916. The van der Waals surface area contributed by atoms with E-state index in [1.54, 1.807) is 11.3 Å². The third-order valence-electron chi connectivity index (χ3n) is 4.00. The van der Waals surface area contributed by atoms with Gasteiger partial charge in [-0.2, -0.15) is 0 Å². The maximum atomic E-state index is 12.0. The maximum absolute atomic E-state index is 12.0. The molecule has 0 aliphatic rings. The lowest BCUT2D eigenvalue weighted by molar-refractivity contribution is -0.119. The normalized spacial score (nSPS) is 10.7. The Morgan fingerprint density at radius 1 is 1.15 bits per heavy atom. The molecule has 2 aromatic carbocycles. The largest absolute Gasteiger partial charge is 0.356 e. The predicted molar refractivity (Wildman–Crippen MR) is 106 cm³/mol. The van der Waals surface area contributed by atoms with Crippen molar-refractivity contribution in [3.8, 4) is 10.6 Å². The highest BCUT2D eigenvalue weighted by Gasteiger charge is 2.09. The van der Waals surface area contributed by atoms with Gasteiger partial charge in [-0.1, -0.05) is 12.1 Å². The average molecular weight is 367 g/mol. The van der Waals surface area contributed by atoms with Crippen molar-refractivity contribution in [2.75, 3.05) is 11.9 Å². The smallest absolute Gasteiger partial charge is 0.224 e. The summed E-state index contributed by atoms with van der Waals surface area (Å²) < 4.78 is 1.16. The third-order valence-corrected chi connectivity index (χ3v) is 5.08. The van der Waals surface area contributed by atoms with Crippen LogP contribution in [-0.4, -0.2) is 23.3 Å². The zero-order chi connectivity index (χ0) is 18.5. The molecule has 0 saturated heterocycles. The zero-order valence-corrected chi connectivity index (χ0v) is 15.7. The molecule has 0 atom stereocenters. The van der Waals surface area contributed by atoms with Crippen molar-refractivity contribution in [2.24, 2.45) is 0 Å². The van der Waals surface area contributed by atoms with Gasteiger partial charge < -0.3 is 10.6 Å². The number of benzene rings is 2. The van der Waals surface area contributed by atoms with Crippen LogP contribution in [0.5, 0.6) is 0 Å². The Morgan fingerprint density at radius 2 is 1.96 bits per heavy atom. The van der Waals surface area contributed by atoms with Gasteiger partial charge in [-0.3, -0.25) is 9.59 Å². The molecule has 0 aliphatic heterocycles. The standard InChI is InChI=1S/C20H21N3O2S/c1-13-12-15(20-23-17-6-3-4-7-18(17)26-20)9-10-16(13)22-19(25)8-5-11-21-14(2)24/h3-4,6-7,9-10,12H,5,8,11H2,1-2H3,(H,21,24)(H,22,25). The maximum Gasteiger partial charge on any atom is 0.224 e. The minimum atomic E-state index is -0.0771. The fraction of sp³-hybridized carbons (Fsp3) is 0.250. The first kappa shape index (κ1) is 18.1. The van der Waals surface area contributed by atoms with Gasteiger partial charge in [-0.25, -0.2) is 4.98 Å². The lowest BCUT2D eigenvalue weighted by Crippen LogP contribution is -2.22. The number of aryl methyl sites for hydroxylation is 1. The van der Waals surface area contributed by atoms with Crippen LogP contribution in [0.25, 0.3) is 20.8 Å². The topological polar surface area (TPSA) is 71.1 Å². The number of carbonyl (C=O) groups excluding carboxylic acids is 2. The summed E-state index contributed by atoms with van der Waals surface area (Å²) in [4.78, 5) is 27.5. The van der Waals surface area contributed by atoms with E-state index in [9.17, 15) is 9.59 Å². The highest BCUT2D eigenvalue weighted by Crippen LogP contribution is 2.31. The van der Waals surface area contributed by atoms with Gasteiger partial charge in [-0.05, 0) is 49.2 Å². The number of hydrogen-bond donors (Lipinski definition) is 2. The van der Waals surface area contributed by atoms with Crippen LogP contribution in [-0.2, 0) is 9.59 Å². The first-order valence-electron chi connectivity index (χ1n) is 8.54. The van der Waals surface area contributed by atoms with Gasteiger partial charge in [0.25, 0.3) is 0 Å². The van der Waals surface area contributed by atoms with Crippen molar-refractivity contribution in [3.05, 3.63) is 48.0 Å². The van der Waals surface area contributed by atoms with E-state index in [2.05, 4.69) is 21.7 Å². The number of thiazole rings is 1. The first-order valence-corrected chi connectivity index (χ1v) is 9.35. The molecule has 3 aromatic rings. The Kier molecular flexibility index (Phi) is 5.63. The van der Waals surface area contributed by atoms with E-state index in [1.165, 1.54) is 6.92 Å². The molecule has 0 saturated carbocycles. The Morgan fingerprint density at radius 3 is 2.69 bits per heavy atom. The quantitative estimate of drug-likeness (QED) is 0.644. The van der Waals surface area contributed by atoms with Crippen molar-refractivity contribution in [3.63, 3.8) is 0 Å². The van der Waals surface area contributed by atoms with Crippen molar-refractivity contribution in [1.29, 1.82) is 0 Å². The summed E-state index contributed by atoms with van der Waals surface area (Å²) in [6.45, 7) is 3.96. The first-order chi connectivity index (χ1) is 12.5. The fourth-order valence-corrected chi connectivity index (χ4v) is 3.62. The SMILES string of the molecule is CC(=O)NCCCC(=O)Nc1ccc(-c2nc3ccccc3s2)cc1C. The van der Waals surface area contributed by atoms with E-state index < -0.39 is 0 Å². The minimum Gasteiger partial charge on any atom is -0.356 e. The molecule has 26 heavy (non-hydrogen) atoms. The van der Waals surface area contributed by atoms with Gasteiger partial charge in [0.1, 0.15) is 5.01 Å². The molecule has 2 amide bonds. The van der Waals surface area contributed by atoms with E-state index in [0.717, 1.165) is 32.0 Å².